The SMILES string of the molecule is CCN(CC)C(C)(C)C(N)C1CCOC2(CCOCC2)C1. The molecule has 2 atom stereocenters. The maximum atomic E-state index is 6.74. The average Bonchev–Trinajstić information content (AvgIpc) is 2.48. The first-order valence-electron chi connectivity index (χ1n) is 8.67. The molecule has 2 unspecified atom stereocenters. The molecule has 0 aromatic heterocycles. The first kappa shape index (κ1) is 17.2. The van der Waals surface area contributed by atoms with Crippen LogP contribution in [0.2, 0.25) is 0 Å². The minimum absolute atomic E-state index is 0.0395. The zero-order valence-electron chi connectivity index (χ0n) is 14.4. The summed E-state index contributed by atoms with van der Waals surface area (Å²) in [5.74, 6) is 0.549. The van der Waals surface area contributed by atoms with Gasteiger partial charge in [-0.2, -0.15) is 0 Å². The second kappa shape index (κ2) is 6.95. The van der Waals surface area contributed by atoms with Crippen molar-refractivity contribution in [1.82, 2.24) is 4.90 Å². The summed E-state index contributed by atoms with van der Waals surface area (Å²) in [5.41, 5.74) is 6.82. The van der Waals surface area contributed by atoms with Gasteiger partial charge < -0.3 is 15.2 Å². The highest BCUT2D eigenvalue weighted by atomic mass is 16.5. The Morgan fingerprint density at radius 3 is 2.38 bits per heavy atom. The number of ether oxygens (including phenoxy) is 2. The third-order valence-electron chi connectivity index (χ3n) is 5.84. The Balaban J connectivity index is 2.06. The van der Waals surface area contributed by atoms with E-state index in [0.29, 0.717) is 5.92 Å². The van der Waals surface area contributed by atoms with Crippen molar-refractivity contribution in [3.05, 3.63) is 0 Å². The van der Waals surface area contributed by atoms with Gasteiger partial charge in [-0.15, -0.1) is 0 Å². The minimum atomic E-state index is 0.0395. The van der Waals surface area contributed by atoms with E-state index in [1.807, 2.05) is 0 Å². The van der Waals surface area contributed by atoms with Gasteiger partial charge in [0.1, 0.15) is 0 Å². The summed E-state index contributed by atoms with van der Waals surface area (Å²) in [6, 6.07) is 0.195. The van der Waals surface area contributed by atoms with E-state index in [4.69, 9.17) is 15.2 Å². The fraction of sp³-hybridized carbons (Fsp3) is 1.00. The summed E-state index contributed by atoms with van der Waals surface area (Å²) < 4.78 is 11.7. The third kappa shape index (κ3) is 3.61. The van der Waals surface area contributed by atoms with Crippen LogP contribution < -0.4 is 5.73 Å². The molecule has 2 aliphatic rings. The highest BCUT2D eigenvalue weighted by Gasteiger charge is 2.44. The third-order valence-corrected chi connectivity index (χ3v) is 5.84. The summed E-state index contributed by atoms with van der Waals surface area (Å²) in [4.78, 5) is 2.49. The standard InChI is InChI=1S/C17H34N2O2/c1-5-19(6-2)16(3,4)15(18)14-7-10-21-17(13-14)8-11-20-12-9-17/h14-15H,5-13,18H2,1-4H3. The van der Waals surface area contributed by atoms with Gasteiger partial charge in [-0.25, -0.2) is 0 Å². The van der Waals surface area contributed by atoms with E-state index in [1.165, 1.54) is 0 Å². The fourth-order valence-electron chi connectivity index (χ4n) is 4.29. The van der Waals surface area contributed by atoms with E-state index in [0.717, 1.165) is 58.6 Å². The highest BCUT2D eigenvalue weighted by Crippen LogP contribution is 2.40. The molecule has 0 saturated carbocycles. The zero-order valence-corrected chi connectivity index (χ0v) is 14.4. The molecule has 124 valence electrons. The molecule has 2 rings (SSSR count). The van der Waals surface area contributed by atoms with Crippen molar-refractivity contribution in [2.75, 3.05) is 32.9 Å². The quantitative estimate of drug-likeness (QED) is 0.847. The lowest BCUT2D eigenvalue weighted by Gasteiger charge is -2.50. The lowest BCUT2D eigenvalue weighted by Crippen LogP contribution is -2.61. The van der Waals surface area contributed by atoms with Crippen LogP contribution in [0.15, 0.2) is 0 Å². The second-order valence-electron chi connectivity index (χ2n) is 7.25. The number of nitrogens with zero attached hydrogens (tertiary/aromatic N) is 1. The molecule has 4 nitrogen and oxygen atoms in total. The van der Waals surface area contributed by atoms with Crippen molar-refractivity contribution in [1.29, 1.82) is 0 Å². The number of likely N-dealkylation sites (N-methyl/N-ethyl adjacent to an activating group) is 1. The Morgan fingerprint density at radius 1 is 1.19 bits per heavy atom. The fourth-order valence-corrected chi connectivity index (χ4v) is 4.29. The van der Waals surface area contributed by atoms with Gasteiger partial charge in [0.25, 0.3) is 0 Å². The van der Waals surface area contributed by atoms with Crippen molar-refractivity contribution in [2.45, 2.75) is 70.6 Å². The number of nitrogens with two attached hydrogens (primary N) is 1. The van der Waals surface area contributed by atoms with Crippen LogP contribution in [0.4, 0.5) is 0 Å². The predicted molar refractivity (Wildman–Crippen MR) is 86.4 cm³/mol. The van der Waals surface area contributed by atoms with Crippen molar-refractivity contribution >= 4 is 0 Å². The first-order valence-corrected chi connectivity index (χ1v) is 8.67. The lowest BCUT2D eigenvalue weighted by atomic mass is 9.73. The van der Waals surface area contributed by atoms with Gasteiger partial charge >= 0.3 is 0 Å². The molecule has 4 heteroatoms. The molecular weight excluding hydrogens is 264 g/mol. The molecular formula is C17H34N2O2. The summed E-state index contributed by atoms with van der Waals surface area (Å²) in [6.45, 7) is 13.7. The normalized spacial score (nSPS) is 28.0. The van der Waals surface area contributed by atoms with Gasteiger partial charge in [0, 0.05) is 31.4 Å². The van der Waals surface area contributed by atoms with Crippen LogP contribution in [0.1, 0.15) is 53.4 Å². The molecule has 2 fully saturated rings. The monoisotopic (exact) mass is 298 g/mol. The Kier molecular flexibility index (Phi) is 5.69. The minimum Gasteiger partial charge on any atom is -0.381 e. The van der Waals surface area contributed by atoms with E-state index in [2.05, 4.69) is 32.6 Å². The van der Waals surface area contributed by atoms with E-state index in [9.17, 15) is 0 Å². The highest BCUT2D eigenvalue weighted by molar-refractivity contribution is 4.99. The van der Waals surface area contributed by atoms with Gasteiger partial charge in [-0.05, 0) is 58.5 Å². The zero-order chi connectivity index (χ0) is 15.5. The Labute approximate surface area is 130 Å². The van der Waals surface area contributed by atoms with Crippen molar-refractivity contribution in [3.8, 4) is 0 Å². The van der Waals surface area contributed by atoms with Crippen LogP contribution >= 0.6 is 0 Å². The topological polar surface area (TPSA) is 47.7 Å². The van der Waals surface area contributed by atoms with Crippen LogP contribution in [0.3, 0.4) is 0 Å². The smallest absolute Gasteiger partial charge is 0.0729 e. The maximum Gasteiger partial charge on any atom is 0.0729 e. The molecule has 0 amide bonds. The summed E-state index contributed by atoms with van der Waals surface area (Å²) in [6.07, 6.45) is 4.25. The first-order chi connectivity index (χ1) is 9.95. The second-order valence-corrected chi connectivity index (χ2v) is 7.25. The van der Waals surface area contributed by atoms with Gasteiger partial charge in [0.05, 0.1) is 5.60 Å². The summed E-state index contributed by atoms with van der Waals surface area (Å²) in [5, 5.41) is 0. The van der Waals surface area contributed by atoms with Gasteiger partial charge in [0.15, 0.2) is 0 Å². The van der Waals surface area contributed by atoms with E-state index in [-0.39, 0.29) is 17.2 Å². The van der Waals surface area contributed by atoms with Crippen LogP contribution in [0, 0.1) is 5.92 Å². The molecule has 0 bridgehead atoms. The van der Waals surface area contributed by atoms with Gasteiger partial charge in [-0.3, -0.25) is 4.90 Å². The summed E-state index contributed by atoms with van der Waals surface area (Å²) in [7, 11) is 0. The van der Waals surface area contributed by atoms with E-state index < -0.39 is 0 Å². The molecule has 1 spiro atoms. The van der Waals surface area contributed by atoms with Gasteiger partial charge in [0.2, 0.25) is 0 Å². The number of hydrogen-bond donors (Lipinski definition) is 1. The largest absolute Gasteiger partial charge is 0.381 e. The van der Waals surface area contributed by atoms with E-state index in [1.54, 1.807) is 0 Å². The molecule has 2 saturated heterocycles. The average molecular weight is 298 g/mol. The lowest BCUT2D eigenvalue weighted by molar-refractivity contribution is -0.153. The molecule has 0 aromatic carbocycles. The Hall–Kier alpha value is -0.160. The Bertz CT molecular complexity index is 317. The molecule has 2 N–H and O–H groups in total. The molecule has 0 aromatic rings. The van der Waals surface area contributed by atoms with E-state index >= 15 is 0 Å². The maximum absolute atomic E-state index is 6.74. The van der Waals surface area contributed by atoms with Crippen LogP contribution in [-0.2, 0) is 9.47 Å². The predicted octanol–water partition coefficient (Wildman–Crippen LogP) is 2.41. The van der Waals surface area contributed by atoms with Crippen LogP contribution in [-0.4, -0.2) is 55.0 Å². The number of hydrogen-bond acceptors (Lipinski definition) is 4. The molecule has 2 heterocycles. The summed E-state index contributed by atoms with van der Waals surface area (Å²) >= 11 is 0. The molecule has 0 aliphatic carbocycles. The van der Waals surface area contributed by atoms with Crippen molar-refractivity contribution < 1.29 is 9.47 Å². The Morgan fingerprint density at radius 2 is 1.81 bits per heavy atom. The van der Waals surface area contributed by atoms with Crippen molar-refractivity contribution in [3.63, 3.8) is 0 Å². The van der Waals surface area contributed by atoms with Crippen molar-refractivity contribution in [2.24, 2.45) is 11.7 Å². The number of rotatable bonds is 5. The van der Waals surface area contributed by atoms with Crippen LogP contribution in [0.25, 0.3) is 0 Å². The molecule has 0 radical (unpaired) electrons. The van der Waals surface area contributed by atoms with Crippen LogP contribution in [0.5, 0.6) is 0 Å². The molecule has 2 aliphatic heterocycles. The molecule has 21 heavy (non-hydrogen) atoms. The van der Waals surface area contributed by atoms with Gasteiger partial charge in [-0.1, -0.05) is 13.8 Å².